The fourth-order valence-electron chi connectivity index (χ4n) is 2.02. The zero-order chi connectivity index (χ0) is 18.3. The Morgan fingerprint density at radius 1 is 1.04 bits per heavy atom. The molecule has 0 spiro atoms. The lowest BCUT2D eigenvalue weighted by Gasteiger charge is -2.04. The molecule has 0 aromatic heterocycles. The first kappa shape index (κ1) is 18.6. The highest BCUT2D eigenvalue weighted by molar-refractivity contribution is 7.90. The molecule has 0 radical (unpaired) electrons. The van der Waals surface area contributed by atoms with Gasteiger partial charge in [0.05, 0.1) is 17.2 Å². The summed E-state index contributed by atoms with van der Waals surface area (Å²) in [5.74, 6) is -0.557. The summed E-state index contributed by atoms with van der Waals surface area (Å²) in [5, 5.41) is 0. The maximum absolute atomic E-state index is 12.6. The molecule has 6 heteroatoms. The Balaban J connectivity index is 2.45. The highest BCUT2D eigenvalue weighted by Gasteiger charge is 2.14. The zero-order valence-electron chi connectivity index (χ0n) is 14.0. The molecule has 25 heavy (non-hydrogen) atoms. The Labute approximate surface area is 147 Å². The van der Waals surface area contributed by atoms with Gasteiger partial charge >= 0.3 is 5.97 Å². The van der Waals surface area contributed by atoms with E-state index in [1.54, 1.807) is 43.3 Å². The van der Waals surface area contributed by atoms with E-state index in [0.29, 0.717) is 5.56 Å². The lowest BCUT2D eigenvalue weighted by atomic mass is 10.1. The second-order valence-electron chi connectivity index (χ2n) is 5.22. The number of carbonyl (C=O) groups is 1. The van der Waals surface area contributed by atoms with Crippen molar-refractivity contribution in [2.45, 2.75) is 18.7 Å². The van der Waals surface area contributed by atoms with Crippen molar-refractivity contribution >= 4 is 21.7 Å². The van der Waals surface area contributed by atoms with Gasteiger partial charge in [-0.05, 0) is 32.1 Å². The summed E-state index contributed by atoms with van der Waals surface area (Å²) >= 11 is 0. The van der Waals surface area contributed by atoms with Gasteiger partial charge in [-0.15, -0.1) is 0 Å². The van der Waals surface area contributed by atoms with Gasteiger partial charge in [-0.25, -0.2) is 4.79 Å². The third kappa shape index (κ3) is 5.39. The van der Waals surface area contributed by atoms with Gasteiger partial charge < -0.3 is 4.74 Å². The van der Waals surface area contributed by atoms with Crippen LogP contribution in [-0.4, -0.2) is 26.7 Å². The number of benzene rings is 2. The Morgan fingerprint density at radius 2 is 1.68 bits per heavy atom. The number of allylic oxidation sites excluding steroid dienone is 1. The molecule has 2 aromatic carbocycles. The van der Waals surface area contributed by atoms with Crippen LogP contribution in [0.2, 0.25) is 0 Å². The second kappa shape index (κ2) is 8.39. The van der Waals surface area contributed by atoms with Crippen molar-refractivity contribution in [3.63, 3.8) is 0 Å². The van der Waals surface area contributed by atoms with E-state index in [1.165, 1.54) is 24.3 Å². The normalized spacial score (nSPS) is 12.3. The number of rotatable bonds is 6. The molecule has 5 nitrogen and oxygen atoms in total. The summed E-state index contributed by atoms with van der Waals surface area (Å²) < 4.78 is 33.9. The molecule has 2 rings (SSSR count). The van der Waals surface area contributed by atoms with E-state index < -0.39 is 16.0 Å². The van der Waals surface area contributed by atoms with Crippen LogP contribution in [0.5, 0.6) is 0 Å². The lowest BCUT2D eigenvalue weighted by Crippen LogP contribution is -2.06. The maximum Gasteiger partial charge on any atom is 0.330 e. The smallest absolute Gasteiger partial charge is 0.330 e. The van der Waals surface area contributed by atoms with Crippen LogP contribution in [0.3, 0.4) is 0 Å². The Morgan fingerprint density at radius 3 is 2.28 bits per heavy atom. The van der Waals surface area contributed by atoms with Crippen LogP contribution in [-0.2, 0) is 19.6 Å². The van der Waals surface area contributed by atoms with E-state index in [2.05, 4.69) is 4.40 Å². The van der Waals surface area contributed by atoms with Gasteiger partial charge in [-0.2, -0.15) is 12.8 Å². The summed E-state index contributed by atoms with van der Waals surface area (Å²) in [5.41, 5.74) is 1.70. The predicted octanol–water partition coefficient (Wildman–Crippen LogP) is 3.29. The van der Waals surface area contributed by atoms with Crippen LogP contribution in [0.15, 0.2) is 76.0 Å². The van der Waals surface area contributed by atoms with Crippen molar-refractivity contribution in [1.29, 1.82) is 0 Å². The molecule has 0 saturated carbocycles. The standard InChI is InChI=1S/C19H19NO4S/c1-3-24-19(21)14-13-18(16-7-5-4-6-8-16)20-25(22,23)17-11-9-15(2)10-12-17/h4-14H,3H2,1-2H3/b14-13+,20-18+. The first-order valence-corrected chi connectivity index (χ1v) is 9.18. The van der Waals surface area contributed by atoms with Crippen molar-refractivity contribution in [3.8, 4) is 0 Å². The summed E-state index contributed by atoms with van der Waals surface area (Å²) in [6, 6.07) is 15.2. The fraction of sp³-hybridized carbons (Fsp3) is 0.158. The van der Waals surface area contributed by atoms with Crippen LogP contribution in [0.1, 0.15) is 18.1 Å². The van der Waals surface area contributed by atoms with E-state index in [0.717, 1.165) is 5.56 Å². The van der Waals surface area contributed by atoms with Crippen LogP contribution in [0.25, 0.3) is 0 Å². The molecule has 0 aliphatic heterocycles. The molecule has 0 atom stereocenters. The molecule has 130 valence electrons. The number of hydrogen-bond acceptors (Lipinski definition) is 4. The number of aryl methyl sites for hydroxylation is 1. The number of nitrogens with zero attached hydrogens (tertiary/aromatic N) is 1. The highest BCUT2D eigenvalue weighted by Crippen LogP contribution is 2.15. The van der Waals surface area contributed by atoms with Gasteiger partial charge in [0.1, 0.15) is 0 Å². The van der Waals surface area contributed by atoms with Crippen molar-refractivity contribution in [2.75, 3.05) is 6.61 Å². The van der Waals surface area contributed by atoms with Gasteiger partial charge in [-0.3, -0.25) is 0 Å². The summed E-state index contributed by atoms with van der Waals surface area (Å²) in [6.07, 6.45) is 2.51. The minimum atomic E-state index is -3.90. The minimum Gasteiger partial charge on any atom is -0.463 e. The van der Waals surface area contributed by atoms with E-state index in [4.69, 9.17) is 4.74 Å². The summed E-state index contributed by atoms with van der Waals surface area (Å²) in [7, 11) is -3.90. The third-order valence-electron chi connectivity index (χ3n) is 3.27. The maximum atomic E-state index is 12.6. The fourth-order valence-corrected chi connectivity index (χ4v) is 3.03. The summed E-state index contributed by atoms with van der Waals surface area (Å²) in [6.45, 7) is 3.81. The molecular formula is C19H19NO4S. The topological polar surface area (TPSA) is 72.8 Å². The van der Waals surface area contributed by atoms with Crippen LogP contribution in [0, 0.1) is 6.92 Å². The Hall–Kier alpha value is -2.73. The van der Waals surface area contributed by atoms with Gasteiger partial charge in [0, 0.05) is 11.6 Å². The molecule has 0 saturated heterocycles. The van der Waals surface area contributed by atoms with Gasteiger partial charge in [0.25, 0.3) is 10.0 Å². The van der Waals surface area contributed by atoms with Crippen LogP contribution < -0.4 is 0 Å². The molecule has 2 aromatic rings. The quantitative estimate of drug-likeness (QED) is 0.452. The number of ether oxygens (including phenoxy) is 1. The molecule has 0 aliphatic rings. The van der Waals surface area contributed by atoms with Gasteiger partial charge in [0.15, 0.2) is 0 Å². The average molecular weight is 357 g/mol. The lowest BCUT2D eigenvalue weighted by molar-refractivity contribution is -0.137. The number of carbonyl (C=O) groups excluding carboxylic acids is 1. The molecule has 0 aliphatic carbocycles. The predicted molar refractivity (Wildman–Crippen MR) is 97.1 cm³/mol. The van der Waals surface area contributed by atoms with Crippen LogP contribution in [0.4, 0.5) is 0 Å². The van der Waals surface area contributed by atoms with Crippen molar-refractivity contribution < 1.29 is 17.9 Å². The molecule has 0 N–H and O–H groups in total. The Bertz CT molecular complexity index is 883. The van der Waals surface area contributed by atoms with Gasteiger partial charge in [0.2, 0.25) is 0 Å². The van der Waals surface area contributed by atoms with Gasteiger partial charge in [-0.1, -0.05) is 48.0 Å². The highest BCUT2D eigenvalue weighted by atomic mass is 32.2. The number of hydrogen-bond donors (Lipinski definition) is 0. The zero-order valence-corrected chi connectivity index (χ0v) is 14.9. The average Bonchev–Trinajstić information content (AvgIpc) is 2.60. The van der Waals surface area contributed by atoms with E-state index in [-0.39, 0.29) is 17.2 Å². The first-order valence-electron chi connectivity index (χ1n) is 7.74. The van der Waals surface area contributed by atoms with Crippen molar-refractivity contribution in [2.24, 2.45) is 4.40 Å². The number of sulfonamides is 1. The van der Waals surface area contributed by atoms with Crippen molar-refractivity contribution in [3.05, 3.63) is 77.9 Å². The molecule has 0 amide bonds. The van der Waals surface area contributed by atoms with Crippen LogP contribution >= 0.6 is 0 Å². The minimum absolute atomic E-state index is 0.0936. The molecule has 0 bridgehead atoms. The van der Waals surface area contributed by atoms with Crippen molar-refractivity contribution in [1.82, 2.24) is 0 Å². The van der Waals surface area contributed by atoms with E-state index >= 15 is 0 Å². The second-order valence-corrected chi connectivity index (χ2v) is 6.82. The largest absolute Gasteiger partial charge is 0.463 e. The molecule has 0 heterocycles. The molecule has 0 unspecified atom stereocenters. The van der Waals surface area contributed by atoms with E-state index in [9.17, 15) is 13.2 Å². The third-order valence-corrected chi connectivity index (χ3v) is 4.58. The first-order chi connectivity index (χ1) is 11.9. The van der Waals surface area contributed by atoms with E-state index in [1.807, 2.05) is 13.0 Å². The monoisotopic (exact) mass is 357 g/mol. The number of esters is 1. The molecular weight excluding hydrogens is 338 g/mol. The molecule has 0 fully saturated rings. The Kier molecular flexibility index (Phi) is 6.25. The SMILES string of the molecule is CCOC(=O)/C=C/C(=N\S(=O)(=O)c1ccc(C)cc1)c1ccccc1. The summed E-state index contributed by atoms with van der Waals surface area (Å²) in [4.78, 5) is 11.6.